The number of benzene rings is 1. The third-order valence-electron chi connectivity index (χ3n) is 5.54. The van der Waals surface area contributed by atoms with E-state index >= 15 is 0 Å². The van der Waals surface area contributed by atoms with Crippen molar-refractivity contribution in [2.75, 3.05) is 20.2 Å². The van der Waals surface area contributed by atoms with Crippen LogP contribution in [-0.4, -0.2) is 60.6 Å². The highest BCUT2D eigenvalue weighted by Crippen LogP contribution is 2.34. The minimum Gasteiger partial charge on any atom is -0.497 e. The van der Waals surface area contributed by atoms with Gasteiger partial charge >= 0.3 is 12.0 Å². The fraction of sp³-hybridized carbons (Fsp3) is 0.524. The highest BCUT2D eigenvalue weighted by molar-refractivity contribution is 6.08. The van der Waals surface area contributed by atoms with Crippen LogP contribution in [0.5, 0.6) is 5.75 Å². The van der Waals surface area contributed by atoms with Gasteiger partial charge in [0, 0.05) is 6.54 Å². The largest absolute Gasteiger partial charge is 0.497 e. The maximum Gasteiger partial charge on any atom is 0.327 e. The molecule has 0 radical (unpaired) electrons. The van der Waals surface area contributed by atoms with Crippen LogP contribution in [0, 0.1) is 0 Å². The number of nitrogens with zero attached hydrogens (tertiary/aromatic N) is 1. The molecule has 1 spiro atoms. The maximum absolute atomic E-state index is 12.6. The number of carbonyl (C=O) groups is 4. The molecule has 9 heteroatoms. The number of imide groups is 1. The number of methoxy groups -OCH3 is 1. The van der Waals surface area contributed by atoms with E-state index in [0.29, 0.717) is 25.8 Å². The number of rotatable bonds is 8. The molecule has 2 fully saturated rings. The van der Waals surface area contributed by atoms with E-state index in [9.17, 15) is 19.2 Å². The number of hydrogen-bond acceptors (Lipinski definition) is 6. The van der Waals surface area contributed by atoms with Gasteiger partial charge in [-0.3, -0.25) is 19.3 Å². The lowest BCUT2D eigenvalue weighted by Gasteiger charge is -2.20. The SMILES string of the molecule is COc1ccc(CCNC(=O)[C@@H](C)OC(=O)CN2C(=O)NC3(CCCC3)C2=O)cc1. The summed E-state index contributed by atoms with van der Waals surface area (Å²) >= 11 is 0. The topological polar surface area (TPSA) is 114 Å². The summed E-state index contributed by atoms with van der Waals surface area (Å²) in [5.74, 6) is -0.876. The van der Waals surface area contributed by atoms with Crippen molar-refractivity contribution in [3.05, 3.63) is 29.8 Å². The Labute approximate surface area is 175 Å². The number of amides is 4. The summed E-state index contributed by atoms with van der Waals surface area (Å²) in [4.78, 5) is 49.9. The first-order chi connectivity index (χ1) is 14.3. The molecular weight excluding hydrogens is 390 g/mol. The molecule has 1 aromatic carbocycles. The van der Waals surface area contributed by atoms with E-state index < -0.39 is 42.0 Å². The Hall–Kier alpha value is -3.10. The van der Waals surface area contributed by atoms with Gasteiger partial charge in [-0.15, -0.1) is 0 Å². The van der Waals surface area contributed by atoms with Crippen molar-refractivity contribution in [1.82, 2.24) is 15.5 Å². The van der Waals surface area contributed by atoms with E-state index in [4.69, 9.17) is 9.47 Å². The first-order valence-electron chi connectivity index (χ1n) is 10.1. The highest BCUT2D eigenvalue weighted by atomic mass is 16.5. The molecule has 9 nitrogen and oxygen atoms in total. The molecule has 30 heavy (non-hydrogen) atoms. The number of hydrogen-bond donors (Lipinski definition) is 2. The Balaban J connectivity index is 1.42. The molecule has 1 saturated heterocycles. The molecule has 1 aromatic rings. The quantitative estimate of drug-likeness (QED) is 0.485. The average molecular weight is 417 g/mol. The number of urea groups is 1. The Bertz CT molecular complexity index is 817. The molecule has 4 amide bonds. The lowest BCUT2D eigenvalue weighted by molar-refractivity contribution is -0.156. The Morgan fingerprint density at radius 3 is 2.50 bits per heavy atom. The van der Waals surface area contributed by atoms with Crippen LogP contribution in [-0.2, 0) is 25.5 Å². The van der Waals surface area contributed by atoms with Crippen molar-refractivity contribution in [3.63, 3.8) is 0 Å². The molecule has 162 valence electrons. The van der Waals surface area contributed by atoms with Crippen molar-refractivity contribution in [3.8, 4) is 5.75 Å². The first kappa shape index (κ1) is 21.6. The van der Waals surface area contributed by atoms with Gasteiger partial charge in [0.25, 0.3) is 11.8 Å². The molecule has 2 aliphatic rings. The van der Waals surface area contributed by atoms with Crippen LogP contribution in [0.2, 0.25) is 0 Å². The predicted octanol–water partition coefficient (Wildman–Crippen LogP) is 1.15. The van der Waals surface area contributed by atoms with Crippen LogP contribution in [0.1, 0.15) is 38.2 Å². The zero-order valence-electron chi connectivity index (χ0n) is 17.2. The second-order valence-corrected chi connectivity index (χ2v) is 7.63. The molecule has 0 bridgehead atoms. The van der Waals surface area contributed by atoms with Crippen LogP contribution in [0.15, 0.2) is 24.3 Å². The van der Waals surface area contributed by atoms with E-state index in [1.54, 1.807) is 7.11 Å². The number of esters is 1. The standard InChI is InChI=1S/C21H27N3O6/c1-14(18(26)22-12-9-15-5-7-16(29-2)8-6-15)30-17(25)13-24-19(27)21(23-20(24)28)10-3-4-11-21/h5-8,14H,3-4,9-13H2,1-2H3,(H,22,26)(H,23,28)/t14-/m1/s1. The predicted molar refractivity (Wildman–Crippen MR) is 107 cm³/mol. The van der Waals surface area contributed by atoms with E-state index in [2.05, 4.69) is 10.6 Å². The molecule has 1 heterocycles. The molecule has 1 atom stereocenters. The molecule has 0 aromatic heterocycles. The molecule has 0 unspecified atom stereocenters. The van der Waals surface area contributed by atoms with Crippen molar-refractivity contribution in [1.29, 1.82) is 0 Å². The summed E-state index contributed by atoms with van der Waals surface area (Å²) in [5, 5.41) is 5.41. The third-order valence-corrected chi connectivity index (χ3v) is 5.54. The van der Waals surface area contributed by atoms with Gasteiger partial charge in [-0.1, -0.05) is 25.0 Å². The van der Waals surface area contributed by atoms with Crippen molar-refractivity contribution in [2.45, 2.75) is 50.7 Å². The van der Waals surface area contributed by atoms with E-state index in [1.165, 1.54) is 6.92 Å². The maximum atomic E-state index is 12.6. The first-order valence-corrected chi connectivity index (χ1v) is 10.1. The number of nitrogens with one attached hydrogen (secondary N) is 2. The fourth-order valence-electron chi connectivity index (χ4n) is 3.82. The Morgan fingerprint density at radius 2 is 1.87 bits per heavy atom. The summed E-state index contributed by atoms with van der Waals surface area (Å²) in [6.07, 6.45) is 2.46. The van der Waals surface area contributed by atoms with Crippen molar-refractivity contribution in [2.24, 2.45) is 0 Å². The number of ether oxygens (including phenoxy) is 2. The highest BCUT2D eigenvalue weighted by Gasteiger charge is 2.52. The van der Waals surface area contributed by atoms with E-state index in [0.717, 1.165) is 29.1 Å². The van der Waals surface area contributed by atoms with Crippen LogP contribution >= 0.6 is 0 Å². The van der Waals surface area contributed by atoms with Crippen molar-refractivity contribution < 1.29 is 28.7 Å². The van der Waals surface area contributed by atoms with Gasteiger partial charge in [-0.05, 0) is 43.9 Å². The zero-order chi connectivity index (χ0) is 21.7. The van der Waals surface area contributed by atoms with Gasteiger partial charge in [0.2, 0.25) is 0 Å². The van der Waals surface area contributed by atoms with Crippen LogP contribution in [0.4, 0.5) is 4.79 Å². The summed E-state index contributed by atoms with van der Waals surface area (Å²) in [7, 11) is 1.59. The van der Waals surface area contributed by atoms with Gasteiger partial charge in [0.1, 0.15) is 17.8 Å². The van der Waals surface area contributed by atoms with E-state index in [1.807, 2.05) is 24.3 Å². The molecule has 1 saturated carbocycles. The van der Waals surface area contributed by atoms with Gasteiger partial charge in [-0.25, -0.2) is 4.79 Å². The van der Waals surface area contributed by atoms with Gasteiger partial charge in [0.05, 0.1) is 7.11 Å². The summed E-state index contributed by atoms with van der Waals surface area (Å²) in [6.45, 7) is 1.32. The average Bonchev–Trinajstić information content (AvgIpc) is 3.29. The summed E-state index contributed by atoms with van der Waals surface area (Å²) < 4.78 is 10.2. The minimum atomic E-state index is -1.03. The second kappa shape index (κ2) is 9.15. The number of carbonyl (C=O) groups excluding carboxylic acids is 4. The smallest absolute Gasteiger partial charge is 0.327 e. The fourth-order valence-corrected chi connectivity index (χ4v) is 3.82. The van der Waals surface area contributed by atoms with Crippen LogP contribution < -0.4 is 15.4 Å². The molecule has 2 N–H and O–H groups in total. The monoisotopic (exact) mass is 417 g/mol. The molecule has 1 aliphatic heterocycles. The summed E-state index contributed by atoms with van der Waals surface area (Å²) in [5.41, 5.74) is 0.155. The Kier molecular flexibility index (Phi) is 6.59. The molecule has 3 rings (SSSR count). The third kappa shape index (κ3) is 4.72. The zero-order valence-corrected chi connectivity index (χ0v) is 17.2. The van der Waals surface area contributed by atoms with Gasteiger partial charge < -0.3 is 20.1 Å². The lowest BCUT2D eigenvalue weighted by Crippen LogP contribution is -2.45. The van der Waals surface area contributed by atoms with E-state index in [-0.39, 0.29) is 0 Å². The molecule has 1 aliphatic carbocycles. The minimum absolute atomic E-state index is 0.378. The molecular formula is C21H27N3O6. The lowest BCUT2D eigenvalue weighted by atomic mass is 9.98. The van der Waals surface area contributed by atoms with Crippen LogP contribution in [0.25, 0.3) is 0 Å². The normalized spacial score (nSPS) is 18.3. The van der Waals surface area contributed by atoms with Crippen LogP contribution in [0.3, 0.4) is 0 Å². The summed E-state index contributed by atoms with van der Waals surface area (Å²) in [6, 6.07) is 6.91. The van der Waals surface area contributed by atoms with Crippen molar-refractivity contribution >= 4 is 23.8 Å². The van der Waals surface area contributed by atoms with Gasteiger partial charge in [0.15, 0.2) is 6.10 Å². The Morgan fingerprint density at radius 1 is 1.20 bits per heavy atom. The van der Waals surface area contributed by atoms with Gasteiger partial charge in [-0.2, -0.15) is 0 Å². The second-order valence-electron chi connectivity index (χ2n) is 7.63.